The molecule has 0 aliphatic carbocycles. The number of hydrogen-bond acceptors (Lipinski definition) is 4. The van der Waals surface area contributed by atoms with Crippen LogP contribution in [-0.4, -0.2) is 35.6 Å². The van der Waals surface area contributed by atoms with Gasteiger partial charge in [0.2, 0.25) is 0 Å². The zero-order valence-corrected chi connectivity index (χ0v) is 10.3. The van der Waals surface area contributed by atoms with Gasteiger partial charge in [-0.05, 0) is 31.2 Å². The molecule has 0 radical (unpaired) electrons. The van der Waals surface area contributed by atoms with Crippen molar-refractivity contribution in [3.05, 3.63) is 29.8 Å². The van der Waals surface area contributed by atoms with E-state index in [0.717, 1.165) is 5.75 Å². The molecule has 0 aliphatic heterocycles. The number of carbonyl (C=O) groups is 1. The smallest absolute Gasteiger partial charge is 0.175 e. The summed E-state index contributed by atoms with van der Waals surface area (Å²) < 4.78 is 5.02. The third-order valence-corrected chi connectivity index (χ3v) is 3.34. The van der Waals surface area contributed by atoms with Gasteiger partial charge in [-0.25, -0.2) is 0 Å². The van der Waals surface area contributed by atoms with E-state index in [2.05, 4.69) is 0 Å². The molecule has 3 nitrogen and oxygen atoms in total. The van der Waals surface area contributed by atoms with Crippen LogP contribution in [0.2, 0.25) is 0 Å². The van der Waals surface area contributed by atoms with E-state index in [-0.39, 0.29) is 17.6 Å². The van der Waals surface area contributed by atoms with Crippen LogP contribution in [0.3, 0.4) is 0 Å². The van der Waals surface area contributed by atoms with Gasteiger partial charge in [-0.1, -0.05) is 0 Å². The van der Waals surface area contributed by atoms with Gasteiger partial charge in [0, 0.05) is 11.3 Å². The van der Waals surface area contributed by atoms with Crippen molar-refractivity contribution in [2.24, 2.45) is 0 Å². The summed E-state index contributed by atoms with van der Waals surface area (Å²) in [6.07, 6.45) is 0. The van der Waals surface area contributed by atoms with Crippen molar-refractivity contribution >= 4 is 17.5 Å². The van der Waals surface area contributed by atoms with Crippen LogP contribution in [0.15, 0.2) is 24.3 Å². The number of Topliss-reactive ketones (excluding diaryl/α,β-unsaturated/α-hetero) is 1. The predicted octanol–water partition coefficient (Wildman–Crippen LogP) is 1.99. The van der Waals surface area contributed by atoms with Crippen molar-refractivity contribution in [1.29, 1.82) is 0 Å². The minimum atomic E-state index is -0.124. The van der Waals surface area contributed by atoms with Gasteiger partial charge >= 0.3 is 0 Å². The molecule has 0 fully saturated rings. The summed E-state index contributed by atoms with van der Waals surface area (Å²) in [5.74, 6) is 1.41. The van der Waals surface area contributed by atoms with E-state index in [9.17, 15) is 4.79 Å². The molecule has 1 rings (SSSR count). The third-order valence-electron chi connectivity index (χ3n) is 2.20. The molecule has 0 saturated heterocycles. The van der Waals surface area contributed by atoms with Crippen molar-refractivity contribution in [3.8, 4) is 5.75 Å². The Balaban J connectivity index is 2.64. The number of aliphatic hydroxyl groups is 1. The largest absolute Gasteiger partial charge is 0.497 e. The second kappa shape index (κ2) is 6.55. The van der Waals surface area contributed by atoms with Crippen LogP contribution >= 0.6 is 11.8 Å². The second-order valence-electron chi connectivity index (χ2n) is 3.33. The molecule has 1 unspecified atom stereocenters. The number of rotatable bonds is 6. The molecule has 0 spiro atoms. The van der Waals surface area contributed by atoms with Crippen LogP contribution in [0.25, 0.3) is 0 Å². The fourth-order valence-corrected chi connectivity index (χ4v) is 2.04. The first-order chi connectivity index (χ1) is 7.69. The number of ether oxygens (including phenoxy) is 1. The maximum absolute atomic E-state index is 11.9. The van der Waals surface area contributed by atoms with Crippen LogP contribution < -0.4 is 4.74 Å². The molecule has 88 valence electrons. The highest BCUT2D eigenvalue weighted by molar-refractivity contribution is 8.00. The van der Waals surface area contributed by atoms with E-state index in [1.165, 1.54) is 11.8 Å². The van der Waals surface area contributed by atoms with Crippen molar-refractivity contribution < 1.29 is 14.6 Å². The first-order valence-corrected chi connectivity index (χ1v) is 6.14. The summed E-state index contributed by atoms with van der Waals surface area (Å²) >= 11 is 1.46. The molecule has 4 heteroatoms. The maximum Gasteiger partial charge on any atom is 0.175 e. The van der Waals surface area contributed by atoms with Gasteiger partial charge in [0.1, 0.15) is 5.75 Å². The first-order valence-electron chi connectivity index (χ1n) is 5.09. The summed E-state index contributed by atoms with van der Waals surface area (Å²) in [7, 11) is 1.59. The number of hydrogen-bond donors (Lipinski definition) is 1. The van der Waals surface area contributed by atoms with Gasteiger partial charge in [-0.2, -0.15) is 0 Å². The van der Waals surface area contributed by atoms with Gasteiger partial charge in [-0.15, -0.1) is 11.8 Å². The van der Waals surface area contributed by atoms with Gasteiger partial charge < -0.3 is 9.84 Å². The van der Waals surface area contributed by atoms with Crippen LogP contribution in [0.4, 0.5) is 0 Å². The summed E-state index contributed by atoms with van der Waals surface area (Å²) in [5, 5.41) is 8.56. The quantitative estimate of drug-likeness (QED) is 0.772. The van der Waals surface area contributed by atoms with Crippen LogP contribution in [0.1, 0.15) is 17.3 Å². The minimum Gasteiger partial charge on any atom is -0.497 e. The maximum atomic E-state index is 11.9. The van der Waals surface area contributed by atoms with Crippen LogP contribution in [0.5, 0.6) is 5.75 Å². The molecule has 0 aliphatic rings. The predicted molar refractivity (Wildman–Crippen MR) is 66.3 cm³/mol. The third kappa shape index (κ3) is 3.54. The van der Waals surface area contributed by atoms with Crippen molar-refractivity contribution in [1.82, 2.24) is 0 Å². The zero-order valence-electron chi connectivity index (χ0n) is 9.47. The van der Waals surface area contributed by atoms with E-state index in [1.807, 2.05) is 6.92 Å². The number of methoxy groups -OCH3 is 1. The molecule has 0 aromatic heterocycles. The number of benzene rings is 1. The van der Waals surface area contributed by atoms with Gasteiger partial charge in [-0.3, -0.25) is 4.79 Å². The number of ketones is 1. The molecule has 0 saturated carbocycles. The van der Waals surface area contributed by atoms with Crippen LogP contribution in [0, 0.1) is 0 Å². The molecule has 0 heterocycles. The standard InChI is InChI=1S/C12H16O3S/c1-9(16-8-7-13)12(14)10-3-5-11(15-2)6-4-10/h3-6,9,13H,7-8H2,1-2H3. The number of carbonyl (C=O) groups excluding carboxylic acids is 1. The van der Waals surface area contributed by atoms with E-state index in [0.29, 0.717) is 11.3 Å². The van der Waals surface area contributed by atoms with Crippen molar-refractivity contribution in [3.63, 3.8) is 0 Å². The molecule has 1 aromatic carbocycles. The fraction of sp³-hybridized carbons (Fsp3) is 0.417. The van der Waals surface area contributed by atoms with Gasteiger partial charge in [0.25, 0.3) is 0 Å². The lowest BCUT2D eigenvalue weighted by molar-refractivity contribution is 0.0994. The highest BCUT2D eigenvalue weighted by Crippen LogP contribution is 2.18. The summed E-state index contributed by atoms with van der Waals surface area (Å²) in [6.45, 7) is 1.96. The average molecular weight is 240 g/mol. The number of thioether (sulfide) groups is 1. The molecule has 1 atom stereocenters. The Hall–Kier alpha value is -1.00. The van der Waals surface area contributed by atoms with Gasteiger partial charge in [0.15, 0.2) is 5.78 Å². The van der Waals surface area contributed by atoms with E-state index in [1.54, 1.807) is 31.4 Å². The lowest BCUT2D eigenvalue weighted by Gasteiger charge is -2.09. The average Bonchev–Trinajstić information content (AvgIpc) is 2.35. The van der Waals surface area contributed by atoms with Crippen LogP contribution in [-0.2, 0) is 0 Å². The molecular formula is C12H16O3S. The lowest BCUT2D eigenvalue weighted by atomic mass is 10.1. The van der Waals surface area contributed by atoms with Crippen molar-refractivity contribution in [2.45, 2.75) is 12.2 Å². The summed E-state index contributed by atoms with van der Waals surface area (Å²) in [4.78, 5) is 11.9. The Kier molecular flexibility index (Phi) is 5.35. The Morgan fingerprint density at radius 3 is 2.56 bits per heavy atom. The summed E-state index contributed by atoms with van der Waals surface area (Å²) in [6, 6.07) is 7.07. The highest BCUT2D eigenvalue weighted by atomic mass is 32.2. The van der Waals surface area contributed by atoms with E-state index >= 15 is 0 Å². The molecular weight excluding hydrogens is 224 g/mol. The molecule has 1 aromatic rings. The highest BCUT2D eigenvalue weighted by Gasteiger charge is 2.14. The second-order valence-corrected chi connectivity index (χ2v) is 4.78. The minimum absolute atomic E-state index is 0.0844. The monoisotopic (exact) mass is 240 g/mol. The Morgan fingerprint density at radius 1 is 1.44 bits per heavy atom. The fourth-order valence-electron chi connectivity index (χ4n) is 1.30. The SMILES string of the molecule is COc1ccc(C(=O)C(C)SCCO)cc1. The topological polar surface area (TPSA) is 46.5 Å². The van der Waals surface area contributed by atoms with Crippen molar-refractivity contribution in [2.75, 3.05) is 19.5 Å². The zero-order chi connectivity index (χ0) is 12.0. The molecule has 0 amide bonds. The number of aliphatic hydroxyl groups excluding tert-OH is 1. The van der Waals surface area contributed by atoms with E-state index < -0.39 is 0 Å². The Labute approximate surface area is 99.8 Å². The lowest BCUT2D eigenvalue weighted by Crippen LogP contribution is -2.14. The van der Waals surface area contributed by atoms with E-state index in [4.69, 9.17) is 9.84 Å². The molecule has 0 bridgehead atoms. The van der Waals surface area contributed by atoms with Gasteiger partial charge in [0.05, 0.1) is 19.0 Å². The molecule has 1 N–H and O–H groups in total. The Morgan fingerprint density at radius 2 is 2.06 bits per heavy atom. The normalized spacial score (nSPS) is 12.2. The summed E-state index contributed by atoms with van der Waals surface area (Å²) in [5.41, 5.74) is 0.679. The first kappa shape index (κ1) is 13.1. The molecule has 16 heavy (non-hydrogen) atoms. The Bertz CT molecular complexity index is 335.